The first-order chi connectivity index (χ1) is 7.65. The summed E-state index contributed by atoms with van der Waals surface area (Å²) >= 11 is 0. The maximum absolute atomic E-state index is 3.81. The summed E-state index contributed by atoms with van der Waals surface area (Å²) < 4.78 is 0. The summed E-state index contributed by atoms with van der Waals surface area (Å²) in [5.41, 5.74) is 0. The second-order valence-corrected chi connectivity index (χ2v) is 5.52. The highest BCUT2D eigenvalue weighted by Gasteiger charge is 2.20. The van der Waals surface area contributed by atoms with E-state index in [4.69, 9.17) is 0 Å². The Labute approximate surface area is 102 Å². The predicted octanol–water partition coefficient (Wildman–Crippen LogP) is 2.89. The van der Waals surface area contributed by atoms with E-state index in [1.807, 2.05) is 0 Å². The van der Waals surface area contributed by atoms with Crippen molar-refractivity contribution in [1.82, 2.24) is 10.2 Å². The van der Waals surface area contributed by atoms with Gasteiger partial charge in [0.25, 0.3) is 0 Å². The van der Waals surface area contributed by atoms with Crippen LogP contribution in [0.1, 0.15) is 53.4 Å². The molecule has 0 radical (unpaired) electrons. The summed E-state index contributed by atoms with van der Waals surface area (Å²) in [6.45, 7) is 12.8. The van der Waals surface area contributed by atoms with E-state index < -0.39 is 0 Å². The number of rotatable bonds is 6. The van der Waals surface area contributed by atoms with E-state index >= 15 is 0 Å². The summed E-state index contributed by atoms with van der Waals surface area (Å²) in [7, 11) is 0. The molecule has 1 saturated carbocycles. The Balaban J connectivity index is 2.24. The molecule has 2 nitrogen and oxygen atoms in total. The smallest absolute Gasteiger partial charge is 0.0169 e. The topological polar surface area (TPSA) is 15.3 Å². The van der Waals surface area contributed by atoms with Crippen molar-refractivity contribution in [2.75, 3.05) is 19.6 Å². The normalized spacial score (nSPS) is 28.3. The van der Waals surface area contributed by atoms with Crippen molar-refractivity contribution in [3.63, 3.8) is 0 Å². The van der Waals surface area contributed by atoms with E-state index in [9.17, 15) is 0 Å². The molecule has 0 bridgehead atoms. The molecule has 1 fully saturated rings. The van der Waals surface area contributed by atoms with Gasteiger partial charge in [-0.15, -0.1) is 0 Å². The highest BCUT2D eigenvalue weighted by atomic mass is 15.1. The third-order valence-electron chi connectivity index (χ3n) is 3.88. The molecule has 96 valence electrons. The van der Waals surface area contributed by atoms with E-state index in [2.05, 4.69) is 37.9 Å². The monoisotopic (exact) mass is 226 g/mol. The van der Waals surface area contributed by atoms with Crippen LogP contribution in [-0.4, -0.2) is 36.6 Å². The average Bonchev–Trinajstić information content (AvgIpc) is 2.26. The van der Waals surface area contributed by atoms with E-state index in [0.29, 0.717) is 6.04 Å². The first-order valence-corrected chi connectivity index (χ1v) is 7.14. The lowest BCUT2D eigenvalue weighted by Gasteiger charge is -2.32. The Morgan fingerprint density at radius 3 is 2.50 bits per heavy atom. The number of nitrogens with one attached hydrogen (secondary N) is 1. The van der Waals surface area contributed by atoms with Crippen LogP contribution in [0, 0.1) is 5.92 Å². The van der Waals surface area contributed by atoms with Crippen LogP contribution in [0.15, 0.2) is 0 Å². The summed E-state index contributed by atoms with van der Waals surface area (Å²) in [4.78, 5) is 2.50. The average molecular weight is 226 g/mol. The minimum absolute atomic E-state index is 0.634. The molecular formula is C14H30N2. The molecule has 0 amide bonds. The molecule has 0 heterocycles. The zero-order chi connectivity index (χ0) is 12.0. The van der Waals surface area contributed by atoms with E-state index in [1.54, 1.807) is 0 Å². The van der Waals surface area contributed by atoms with Gasteiger partial charge in [-0.25, -0.2) is 0 Å². The molecule has 0 aromatic carbocycles. The molecule has 16 heavy (non-hydrogen) atoms. The van der Waals surface area contributed by atoms with Gasteiger partial charge in [-0.05, 0) is 38.8 Å². The van der Waals surface area contributed by atoms with Gasteiger partial charge in [0.1, 0.15) is 0 Å². The zero-order valence-electron chi connectivity index (χ0n) is 11.6. The summed E-state index contributed by atoms with van der Waals surface area (Å²) in [6, 6.07) is 1.41. The highest BCUT2D eigenvalue weighted by molar-refractivity contribution is 4.79. The van der Waals surface area contributed by atoms with Gasteiger partial charge in [0, 0.05) is 18.6 Å². The fourth-order valence-electron chi connectivity index (χ4n) is 2.91. The van der Waals surface area contributed by atoms with Crippen molar-refractivity contribution >= 4 is 0 Å². The van der Waals surface area contributed by atoms with Gasteiger partial charge >= 0.3 is 0 Å². The van der Waals surface area contributed by atoms with Crippen LogP contribution in [0.2, 0.25) is 0 Å². The van der Waals surface area contributed by atoms with Crippen LogP contribution in [0.4, 0.5) is 0 Å². The maximum Gasteiger partial charge on any atom is 0.0169 e. The number of nitrogens with zero attached hydrogens (tertiary/aromatic N) is 1. The molecule has 1 aliphatic rings. The summed E-state index contributed by atoms with van der Waals surface area (Å²) in [6.07, 6.45) is 5.61. The SMILES string of the molecule is CCN(CC)CC(C)NC1CCCC(C)C1. The molecule has 0 aromatic rings. The molecule has 1 N–H and O–H groups in total. The Hall–Kier alpha value is -0.0800. The molecule has 3 unspecified atom stereocenters. The minimum Gasteiger partial charge on any atom is -0.310 e. The van der Waals surface area contributed by atoms with Crippen LogP contribution in [0.3, 0.4) is 0 Å². The molecule has 0 saturated heterocycles. The Kier molecular flexibility index (Phi) is 6.37. The molecule has 2 heteroatoms. The fourth-order valence-corrected chi connectivity index (χ4v) is 2.91. The van der Waals surface area contributed by atoms with Crippen molar-refractivity contribution in [3.8, 4) is 0 Å². The van der Waals surface area contributed by atoms with Crippen LogP contribution in [0.25, 0.3) is 0 Å². The van der Waals surface area contributed by atoms with Crippen LogP contribution in [-0.2, 0) is 0 Å². The highest BCUT2D eigenvalue weighted by Crippen LogP contribution is 2.23. The molecule has 3 atom stereocenters. The third kappa shape index (κ3) is 4.84. The van der Waals surface area contributed by atoms with Crippen molar-refractivity contribution in [2.24, 2.45) is 5.92 Å². The number of likely N-dealkylation sites (N-methyl/N-ethyl adjacent to an activating group) is 1. The largest absolute Gasteiger partial charge is 0.310 e. The Morgan fingerprint density at radius 1 is 1.25 bits per heavy atom. The lowest BCUT2D eigenvalue weighted by Crippen LogP contribution is -2.45. The fraction of sp³-hybridized carbons (Fsp3) is 1.00. The van der Waals surface area contributed by atoms with Crippen molar-refractivity contribution in [3.05, 3.63) is 0 Å². The molecule has 1 aliphatic carbocycles. The van der Waals surface area contributed by atoms with Gasteiger partial charge in [-0.1, -0.05) is 33.6 Å². The number of hydrogen-bond acceptors (Lipinski definition) is 2. The van der Waals surface area contributed by atoms with Gasteiger partial charge in [-0.3, -0.25) is 0 Å². The van der Waals surface area contributed by atoms with E-state index in [-0.39, 0.29) is 0 Å². The van der Waals surface area contributed by atoms with Gasteiger partial charge in [0.05, 0.1) is 0 Å². The Morgan fingerprint density at radius 2 is 1.94 bits per heavy atom. The zero-order valence-corrected chi connectivity index (χ0v) is 11.6. The molecule has 0 spiro atoms. The molecule has 1 rings (SSSR count). The van der Waals surface area contributed by atoms with Crippen molar-refractivity contribution in [2.45, 2.75) is 65.5 Å². The first-order valence-electron chi connectivity index (χ1n) is 7.14. The van der Waals surface area contributed by atoms with Gasteiger partial charge < -0.3 is 10.2 Å². The molecule has 0 aliphatic heterocycles. The third-order valence-corrected chi connectivity index (χ3v) is 3.88. The number of hydrogen-bond donors (Lipinski definition) is 1. The maximum atomic E-state index is 3.81. The van der Waals surface area contributed by atoms with Crippen molar-refractivity contribution < 1.29 is 0 Å². The second kappa shape index (κ2) is 7.29. The van der Waals surface area contributed by atoms with Gasteiger partial charge in [0.2, 0.25) is 0 Å². The van der Waals surface area contributed by atoms with Crippen LogP contribution < -0.4 is 5.32 Å². The lowest BCUT2D eigenvalue weighted by molar-refractivity contribution is 0.233. The van der Waals surface area contributed by atoms with Crippen LogP contribution in [0.5, 0.6) is 0 Å². The quantitative estimate of drug-likeness (QED) is 0.749. The van der Waals surface area contributed by atoms with Crippen molar-refractivity contribution in [1.29, 1.82) is 0 Å². The lowest BCUT2D eigenvalue weighted by atomic mass is 9.87. The summed E-state index contributed by atoms with van der Waals surface area (Å²) in [5, 5.41) is 3.81. The summed E-state index contributed by atoms with van der Waals surface area (Å²) in [5.74, 6) is 0.923. The van der Waals surface area contributed by atoms with Gasteiger partial charge in [-0.2, -0.15) is 0 Å². The minimum atomic E-state index is 0.634. The standard InChI is InChI=1S/C14H30N2/c1-5-16(6-2)11-13(4)15-14-9-7-8-12(3)10-14/h12-15H,5-11H2,1-4H3. The van der Waals surface area contributed by atoms with Crippen LogP contribution >= 0.6 is 0 Å². The first kappa shape index (κ1) is 14.0. The predicted molar refractivity (Wildman–Crippen MR) is 71.8 cm³/mol. The van der Waals surface area contributed by atoms with Gasteiger partial charge in [0.15, 0.2) is 0 Å². The molecular weight excluding hydrogens is 196 g/mol. The second-order valence-electron chi connectivity index (χ2n) is 5.52. The van der Waals surface area contributed by atoms with E-state index in [1.165, 1.54) is 45.3 Å². The molecule has 0 aromatic heterocycles. The Bertz CT molecular complexity index is 178. The van der Waals surface area contributed by atoms with E-state index in [0.717, 1.165) is 12.0 Å².